The highest BCUT2D eigenvalue weighted by Gasteiger charge is 2.32. The first-order valence-electron chi connectivity index (χ1n) is 6.67. The normalized spacial score (nSPS) is 13.2. The lowest BCUT2D eigenvalue weighted by molar-refractivity contribution is -0.144. The second-order valence-corrected chi connectivity index (χ2v) is 4.96. The maximum absolute atomic E-state index is 12.7. The van der Waals surface area contributed by atoms with Crippen molar-refractivity contribution in [3.63, 3.8) is 0 Å². The van der Waals surface area contributed by atoms with Crippen molar-refractivity contribution in [2.75, 3.05) is 0 Å². The number of Topliss-reactive ketones (excluding diaryl/α,β-unsaturated/α-hetero) is 1. The van der Waals surface area contributed by atoms with Gasteiger partial charge in [-0.1, -0.05) is 19.8 Å². The Hall–Kier alpha value is -1.39. The molecule has 1 atom stereocenters. The number of carbonyl (C=O) groups excluding carboxylic acids is 1. The SMILES string of the molecule is CCCCC(CC(=O)c1ccc(F)cc1)CC(F)(F)F. The third-order valence-corrected chi connectivity index (χ3v) is 3.13. The number of ketones is 1. The topological polar surface area (TPSA) is 17.1 Å². The summed E-state index contributed by atoms with van der Waals surface area (Å²) in [7, 11) is 0. The monoisotopic (exact) mass is 290 g/mol. The van der Waals surface area contributed by atoms with Crippen molar-refractivity contribution in [3.8, 4) is 0 Å². The molecule has 1 nitrogen and oxygen atoms in total. The third kappa shape index (κ3) is 6.17. The Kier molecular flexibility index (Phi) is 6.17. The molecule has 0 fully saturated rings. The van der Waals surface area contributed by atoms with Crippen molar-refractivity contribution in [1.82, 2.24) is 0 Å². The molecular weight excluding hydrogens is 272 g/mol. The molecule has 0 spiro atoms. The van der Waals surface area contributed by atoms with Crippen LogP contribution < -0.4 is 0 Å². The van der Waals surface area contributed by atoms with Gasteiger partial charge in [0.2, 0.25) is 0 Å². The van der Waals surface area contributed by atoms with E-state index in [2.05, 4.69) is 0 Å². The van der Waals surface area contributed by atoms with Crippen LogP contribution in [0.1, 0.15) is 49.4 Å². The van der Waals surface area contributed by atoms with Crippen molar-refractivity contribution in [2.45, 2.75) is 45.2 Å². The van der Waals surface area contributed by atoms with E-state index < -0.39 is 24.3 Å². The Labute approximate surface area is 116 Å². The molecule has 1 rings (SSSR count). The van der Waals surface area contributed by atoms with Gasteiger partial charge in [-0.3, -0.25) is 4.79 Å². The Morgan fingerprint density at radius 1 is 1.20 bits per heavy atom. The summed E-state index contributed by atoms with van der Waals surface area (Å²) in [5.74, 6) is -1.54. The number of alkyl halides is 3. The lowest BCUT2D eigenvalue weighted by Crippen LogP contribution is -2.18. The van der Waals surface area contributed by atoms with Crippen LogP contribution in [0.2, 0.25) is 0 Å². The third-order valence-electron chi connectivity index (χ3n) is 3.13. The molecule has 0 saturated heterocycles. The van der Waals surface area contributed by atoms with E-state index in [1.165, 1.54) is 12.1 Å². The zero-order valence-electron chi connectivity index (χ0n) is 11.3. The van der Waals surface area contributed by atoms with Gasteiger partial charge in [-0.25, -0.2) is 4.39 Å². The van der Waals surface area contributed by atoms with Gasteiger partial charge in [0.05, 0.1) is 0 Å². The van der Waals surface area contributed by atoms with Crippen LogP contribution in [0.5, 0.6) is 0 Å². The van der Waals surface area contributed by atoms with Gasteiger partial charge >= 0.3 is 6.18 Å². The van der Waals surface area contributed by atoms with E-state index >= 15 is 0 Å². The lowest BCUT2D eigenvalue weighted by atomic mass is 9.91. The molecule has 0 aliphatic carbocycles. The highest BCUT2D eigenvalue weighted by atomic mass is 19.4. The maximum atomic E-state index is 12.7. The number of halogens is 4. The molecule has 0 aliphatic heterocycles. The summed E-state index contributed by atoms with van der Waals surface area (Å²) in [5, 5.41) is 0. The molecule has 1 unspecified atom stereocenters. The number of benzene rings is 1. The first kappa shape index (κ1) is 16.7. The summed E-state index contributed by atoms with van der Waals surface area (Å²) in [5.41, 5.74) is 0.259. The maximum Gasteiger partial charge on any atom is 0.389 e. The van der Waals surface area contributed by atoms with Gasteiger partial charge in [-0.2, -0.15) is 13.2 Å². The number of unbranched alkanes of at least 4 members (excludes halogenated alkanes) is 1. The average molecular weight is 290 g/mol. The Bertz CT molecular complexity index is 422. The second-order valence-electron chi connectivity index (χ2n) is 4.96. The molecule has 0 saturated carbocycles. The largest absolute Gasteiger partial charge is 0.389 e. The highest BCUT2D eigenvalue weighted by molar-refractivity contribution is 5.96. The van der Waals surface area contributed by atoms with Gasteiger partial charge in [0.15, 0.2) is 5.78 Å². The molecule has 0 radical (unpaired) electrons. The van der Waals surface area contributed by atoms with E-state index in [0.717, 1.165) is 18.6 Å². The van der Waals surface area contributed by atoms with E-state index in [4.69, 9.17) is 0 Å². The quantitative estimate of drug-likeness (QED) is 0.501. The van der Waals surface area contributed by atoms with Gasteiger partial charge in [0.1, 0.15) is 5.82 Å². The van der Waals surface area contributed by atoms with Gasteiger partial charge < -0.3 is 0 Å². The summed E-state index contributed by atoms with van der Waals surface area (Å²) in [6.45, 7) is 1.90. The smallest absolute Gasteiger partial charge is 0.294 e. The van der Waals surface area contributed by atoms with Crippen LogP contribution in [-0.2, 0) is 0 Å². The minimum atomic E-state index is -4.26. The summed E-state index contributed by atoms with van der Waals surface area (Å²) < 4.78 is 50.2. The highest BCUT2D eigenvalue weighted by Crippen LogP contribution is 2.30. The van der Waals surface area contributed by atoms with Gasteiger partial charge in [-0.05, 0) is 36.6 Å². The first-order chi connectivity index (χ1) is 9.31. The Morgan fingerprint density at radius 2 is 1.80 bits per heavy atom. The predicted molar refractivity (Wildman–Crippen MR) is 69.0 cm³/mol. The number of hydrogen-bond donors (Lipinski definition) is 0. The van der Waals surface area contributed by atoms with Crippen LogP contribution in [0.4, 0.5) is 17.6 Å². The van der Waals surface area contributed by atoms with Crippen molar-refractivity contribution in [3.05, 3.63) is 35.6 Å². The summed E-state index contributed by atoms with van der Waals surface area (Å²) >= 11 is 0. The molecule has 1 aromatic carbocycles. The first-order valence-corrected chi connectivity index (χ1v) is 6.67. The second kappa shape index (κ2) is 7.41. The molecular formula is C15H18F4O. The molecule has 0 bridgehead atoms. The fourth-order valence-electron chi connectivity index (χ4n) is 2.11. The summed E-state index contributed by atoms with van der Waals surface area (Å²) in [6.07, 6.45) is -3.52. The molecule has 0 heterocycles. The summed E-state index contributed by atoms with van der Waals surface area (Å²) in [4.78, 5) is 11.9. The zero-order valence-corrected chi connectivity index (χ0v) is 11.3. The lowest BCUT2D eigenvalue weighted by Gasteiger charge is -2.17. The standard InChI is InChI=1S/C15H18F4O/c1-2-3-4-11(10-15(17,18)19)9-14(20)12-5-7-13(16)8-6-12/h5-8,11H,2-4,9-10H2,1H3. The van der Waals surface area contributed by atoms with Crippen molar-refractivity contribution in [2.24, 2.45) is 5.92 Å². The van der Waals surface area contributed by atoms with E-state index in [9.17, 15) is 22.4 Å². The molecule has 0 aromatic heterocycles. The van der Waals surface area contributed by atoms with E-state index in [1.54, 1.807) is 0 Å². The van der Waals surface area contributed by atoms with Crippen LogP contribution in [-0.4, -0.2) is 12.0 Å². The number of rotatable bonds is 7. The van der Waals surface area contributed by atoms with E-state index in [0.29, 0.717) is 12.8 Å². The van der Waals surface area contributed by atoms with Crippen LogP contribution in [0.3, 0.4) is 0 Å². The predicted octanol–water partition coefficient (Wildman–Crippen LogP) is 5.16. The van der Waals surface area contributed by atoms with Gasteiger partial charge in [0, 0.05) is 18.4 Å². The molecule has 0 aliphatic rings. The zero-order chi connectivity index (χ0) is 15.2. The van der Waals surface area contributed by atoms with Crippen molar-refractivity contribution >= 4 is 5.78 Å². The minimum Gasteiger partial charge on any atom is -0.294 e. The molecule has 1 aromatic rings. The number of hydrogen-bond acceptors (Lipinski definition) is 1. The van der Waals surface area contributed by atoms with Crippen molar-refractivity contribution < 1.29 is 22.4 Å². The molecule has 0 amide bonds. The fourth-order valence-corrected chi connectivity index (χ4v) is 2.11. The van der Waals surface area contributed by atoms with Crippen LogP contribution in [0.25, 0.3) is 0 Å². The molecule has 112 valence electrons. The van der Waals surface area contributed by atoms with Crippen LogP contribution in [0.15, 0.2) is 24.3 Å². The van der Waals surface area contributed by atoms with Crippen LogP contribution >= 0.6 is 0 Å². The van der Waals surface area contributed by atoms with Crippen molar-refractivity contribution in [1.29, 1.82) is 0 Å². The van der Waals surface area contributed by atoms with Gasteiger partial charge in [0.25, 0.3) is 0 Å². The Morgan fingerprint density at radius 3 is 2.30 bits per heavy atom. The fraction of sp³-hybridized carbons (Fsp3) is 0.533. The Balaban J connectivity index is 2.67. The minimum absolute atomic E-state index is 0.148. The summed E-state index contributed by atoms with van der Waals surface area (Å²) in [6, 6.07) is 4.89. The molecule has 20 heavy (non-hydrogen) atoms. The number of carbonyl (C=O) groups is 1. The molecule has 0 N–H and O–H groups in total. The van der Waals surface area contributed by atoms with E-state index in [1.807, 2.05) is 6.92 Å². The molecule has 5 heteroatoms. The van der Waals surface area contributed by atoms with Crippen LogP contribution in [0, 0.1) is 11.7 Å². The average Bonchev–Trinajstić information content (AvgIpc) is 2.35. The van der Waals surface area contributed by atoms with Gasteiger partial charge in [-0.15, -0.1) is 0 Å². The van der Waals surface area contributed by atoms with E-state index in [-0.39, 0.29) is 17.8 Å².